The summed E-state index contributed by atoms with van der Waals surface area (Å²) in [6, 6.07) is 0. The Labute approximate surface area is 117 Å². The first kappa shape index (κ1) is 13.5. The van der Waals surface area contributed by atoms with Crippen molar-refractivity contribution in [2.45, 2.75) is 5.69 Å². The summed E-state index contributed by atoms with van der Waals surface area (Å²) in [5, 5.41) is -0.685. The topological polar surface area (TPSA) is 24.8 Å². The third kappa shape index (κ3) is 2.50. The molecule has 0 aliphatic carbocycles. The Kier molecular flexibility index (Phi) is 5.02. The molecule has 1 rings (SSSR count). The third-order valence-corrected chi connectivity index (χ3v) is 1.27. The first-order valence-electron chi connectivity index (χ1n) is 2.92. The second-order valence-corrected chi connectivity index (χ2v) is 2.05. The molecule has 0 aromatic carbocycles. The number of methoxy groups -OCH3 is 1. The van der Waals surface area contributed by atoms with Crippen molar-refractivity contribution < 1.29 is 69.4 Å². The van der Waals surface area contributed by atoms with Crippen LogP contribution in [0.3, 0.4) is 0 Å². The van der Waals surface area contributed by atoms with E-state index >= 15 is 0 Å². The van der Waals surface area contributed by atoms with Crippen LogP contribution < -0.4 is 51.4 Å². The molecular formula is C5H4BF3KN2O. The normalized spacial score (nSPS) is 27.3. The van der Waals surface area contributed by atoms with Gasteiger partial charge >= 0.3 is 51.4 Å². The molecule has 65 valence electrons. The van der Waals surface area contributed by atoms with E-state index in [1.807, 2.05) is 0 Å². The van der Waals surface area contributed by atoms with Gasteiger partial charge in [-0.1, -0.05) is 4.48 Å². The fraction of sp³-hybridized carbons (Fsp3) is 0.400. The van der Waals surface area contributed by atoms with Crippen molar-refractivity contribution in [1.29, 1.82) is 0 Å². The maximum atomic E-state index is 12.8. The van der Waals surface area contributed by atoms with E-state index in [1.165, 1.54) is 0 Å². The van der Waals surface area contributed by atoms with E-state index in [2.05, 4.69) is 17.6 Å². The summed E-state index contributed by atoms with van der Waals surface area (Å²) in [5.41, 5.74) is -3.37. The van der Waals surface area contributed by atoms with E-state index in [0.29, 0.717) is 6.20 Å². The number of alkyl halides is 1. The zero-order valence-corrected chi connectivity index (χ0v) is 10.2. The number of aliphatic imine (C=N–C) groups is 1. The number of rotatable bonds is 1. The van der Waals surface area contributed by atoms with Gasteiger partial charge in [0.25, 0.3) is 0 Å². The van der Waals surface area contributed by atoms with Gasteiger partial charge in [-0.15, -0.1) is 0 Å². The molecule has 3 nitrogen and oxygen atoms in total. The van der Waals surface area contributed by atoms with E-state index in [-0.39, 0.29) is 51.4 Å². The molecule has 0 saturated heterocycles. The first-order chi connectivity index (χ1) is 5.50. The van der Waals surface area contributed by atoms with Crippen LogP contribution in [0, 0.1) is 0 Å². The number of halogens is 3. The Hall–Kier alpha value is 0.501. The second kappa shape index (κ2) is 4.83. The van der Waals surface area contributed by atoms with Crippen LogP contribution in [0.5, 0.6) is 0 Å². The van der Waals surface area contributed by atoms with Gasteiger partial charge in [0, 0.05) is 0 Å². The van der Waals surface area contributed by atoms with Crippen molar-refractivity contribution in [3.05, 3.63) is 12.1 Å². The van der Waals surface area contributed by atoms with Gasteiger partial charge in [0.15, 0.2) is 0 Å². The van der Waals surface area contributed by atoms with Crippen molar-refractivity contribution in [2.24, 2.45) is 4.99 Å². The second-order valence-electron chi connectivity index (χ2n) is 2.05. The molecule has 1 unspecified atom stereocenters. The predicted molar refractivity (Wildman–Crippen MR) is 36.2 cm³/mol. The molecule has 8 heteroatoms. The average Bonchev–Trinajstić information content (AvgIpc) is 2.02. The first-order valence-corrected chi connectivity index (χ1v) is 2.92. The summed E-state index contributed by atoms with van der Waals surface area (Å²) in [6.45, 7) is 0. The van der Waals surface area contributed by atoms with Crippen molar-refractivity contribution in [2.75, 3.05) is 7.11 Å². The fourth-order valence-electron chi connectivity index (χ4n) is 0.627. The minimum Gasteiger partial charge on any atom is -0.525 e. The Balaban J connectivity index is 0.00000144. The molecule has 3 radical (unpaired) electrons. The number of hydrogen-bond acceptors (Lipinski definition) is 3. The average molecular weight is 215 g/mol. The number of nitrogens with zero attached hydrogens (tertiary/aromatic N) is 2. The minimum atomic E-state index is -3.37. The quantitative estimate of drug-likeness (QED) is 0.281. The van der Waals surface area contributed by atoms with Crippen LogP contribution in [-0.2, 0) is 4.74 Å². The van der Waals surface area contributed by atoms with Crippen LogP contribution >= 0.6 is 0 Å². The van der Waals surface area contributed by atoms with Crippen LogP contribution in [0.25, 0.3) is 0 Å². The van der Waals surface area contributed by atoms with Crippen molar-refractivity contribution in [3.8, 4) is 0 Å². The van der Waals surface area contributed by atoms with Crippen LogP contribution in [0.1, 0.15) is 0 Å². The van der Waals surface area contributed by atoms with E-state index in [1.54, 1.807) is 0 Å². The predicted octanol–water partition coefficient (Wildman–Crippen LogP) is -2.20. The Morgan fingerprint density at radius 2 is 2.23 bits per heavy atom. The molecule has 0 saturated carbocycles. The van der Waals surface area contributed by atoms with Crippen molar-refractivity contribution in [3.63, 3.8) is 0 Å². The summed E-state index contributed by atoms with van der Waals surface area (Å²) < 4.78 is 42.2. The molecule has 1 aliphatic rings. The largest absolute Gasteiger partial charge is 1.00 e. The Bertz CT molecular complexity index is 258. The molecule has 0 fully saturated rings. The third-order valence-electron chi connectivity index (χ3n) is 1.27. The minimum absolute atomic E-state index is 0. The molecule has 0 aromatic rings. The summed E-state index contributed by atoms with van der Waals surface area (Å²) in [5.74, 6) is -2.26. The van der Waals surface area contributed by atoms with Gasteiger partial charge in [-0.05, 0) is 0 Å². The Morgan fingerprint density at radius 1 is 1.69 bits per heavy atom. The van der Waals surface area contributed by atoms with Gasteiger partial charge in [0.05, 0.1) is 19.0 Å². The van der Waals surface area contributed by atoms with Crippen molar-refractivity contribution in [1.82, 2.24) is 5.12 Å². The maximum Gasteiger partial charge on any atom is 1.00 e. The van der Waals surface area contributed by atoms with E-state index < -0.39 is 22.7 Å². The van der Waals surface area contributed by atoms with Gasteiger partial charge in [-0.2, -0.15) is 9.51 Å². The molecule has 13 heavy (non-hydrogen) atoms. The van der Waals surface area contributed by atoms with E-state index in [4.69, 9.17) is 0 Å². The molecule has 0 bridgehead atoms. The zero-order chi connectivity index (χ0) is 9.35. The molecule has 1 aliphatic heterocycles. The van der Waals surface area contributed by atoms with Gasteiger partial charge in [-0.3, -0.25) is 4.39 Å². The van der Waals surface area contributed by atoms with Crippen LogP contribution in [0.15, 0.2) is 17.1 Å². The van der Waals surface area contributed by atoms with Crippen LogP contribution in [-0.4, -0.2) is 31.7 Å². The van der Waals surface area contributed by atoms with Gasteiger partial charge in [0.2, 0.25) is 11.8 Å². The molecular weight excluding hydrogens is 211 g/mol. The van der Waals surface area contributed by atoms with E-state index in [9.17, 15) is 13.3 Å². The van der Waals surface area contributed by atoms with Crippen LogP contribution in [0.4, 0.5) is 13.3 Å². The number of ether oxygens (including phenoxy) is 1. The van der Waals surface area contributed by atoms with E-state index in [0.717, 1.165) is 7.11 Å². The molecule has 1 heterocycles. The van der Waals surface area contributed by atoms with Crippen molar-refractivity contribution >= 4 is 13.8 Å². The summed E-state index contributed by atoms with van der Waals surface area (Å²) in [4.78, 5) is 2.87. The Morgan fingerprint density at radius 3 is 2.69 bits per heavy atom. The van der Waals surface area contributed by atoms with Gasteiger partial charge in [0.1, 0.15) is 0 Å². The summed E-state index contributed by atoms with van der Waals surface area (Å²) in [7, 11) is 5.67. The molecule has 0 spiro atoms. The van der Waals surface area contributed by atoms with Gasteiger partial charge < -0.3 is 12.6 Å². The molecule has 0 amide bonds. The maximum absolute atomic E-state index is 12.8. The summed E-state index contributed by atoms with van der Waals surface area (Å²) in [6.07, 6.45) is 0.681. The molecule has 0 aromatic heterocycles. The van der Waals surface area contributed by atoms with Crippen LogP contribution in [0.2, 0.25) is 0 Å². The fourth-order valence-corrected chi connectivity index (χ4v) is 0.627. The SMILES string of the molecule is [B-]C1(F)C(F)=NC=C(OC)N1F.[K+]. The summed E-state index contributed by atoms with van der Waals surface area (Å²) >= 11 is 0. The standard InChI is InChI=1S/C5H4BF3N2O.K/c1-12-3-2-10-4(7)5(6,8)11(3)9;/h2H,1H3;/q-1;+1. The monoisotopic (exact) mass is 215 g/mol. The van der Waals surface area contributed by atoms with Gasteiger partial charge in [-0.25, -0.2) is 4.99 Å². The smallest absolute Gasteiger partial charge is 0.525 e. The zero-order valence-electron chi connectivity index (χ0n) is 7.09. The molecule has 0 N–H and O–H groups in total. The molecule has 1 atom stereocenters. The number of hydrogen-bond donors (Lipinski definition) is 0.